The van der Waals surface area contributed by atoms with E-state index in [0.717, 1.165) is 0 Å². The molecule has 2 aliphatic rings. The zero-order valence-corrected chi connectivity index (χ0v) is 20.1. The molecule has 190 valence electrons. The lowest BCUT2D eigenvalue weighted by atomic mass is 9.90. The molecule has 2 aromatic rings. The summed E-state index contributed by atoms with van der Waals surface area (Å²) >= 11 is 6.17. The molecule has 0 aliphatic carbocycles. The Morgan fingerprint density at radius 1 is 1.25 bits per heavy atom. The van der Waals surface area contributed by atoms with Crippen molar-refractivity contribution < 1.29 is 33.8 Å². The SMILES string of the molecule is COC(=O)Nc1ccc(C(=O)N[C@@H](CCO)C(=O)N2CC[C@@]3(C2)OC(=O)Nc2ccc(Cl)cc23)cc1. The van der Waals surface area contributed by atoms with Crippen LogP contribution in [-0.2, 0) is 19.9 Å². The summed E-state index contributed by atoms with van der Waals surface area (Å²) in [4.78, 5) is 51.2. The molecule has 1 fully saturated rings. The fraction of sp³-hybridized carbons (Fsp3) is 0.333. The number of nitrogens with one attached hydrogen (secondary N) is 3. The molecule has 4 amide bonds. The van der Waals surface area contributed by atoms with E-state index >= 15 is 0 Å². The fourth-order valence-corrected chi connectivity index (χ4v) is 4.54. The second-order valence-electron chi connectivity index (χ2n) is 8.44. The number of hydrogen-bond donors (Lipinski definition) is 4. The standard InChI is InChI=1S/C24H25ClN4O7/c1-35-22(33)26-16-5-2-14(3-6-16)20(31)27-19(8-11-30)21(32)29-10-9-24(13-29)17-12-15(25)4-7-18(17)28-23(34)36-24/h2-7,12,19,30H,8-11,13H2,1H3,(H,26,33)(H,27,31)(H,28,34)/t19-,24-/m0/s1. The van der Waals surface area contributed by atoms with E-state index < -0.39 is 35.6 Å². The van der Waals surface area contributed by atoms with Gasteiger partial charge < -0.3 is 24.8 Å². The second-order valence-corrected chi connectivity index (χ2v) is 8.88. The molecule has 11 nitrogen and oxygen atoms in total. The lowest BCUT2D eigenvalue weighted by Gasteiger charge is -2.35. The van der Waals surface area contributed by atoms with E-state index in [4.69, 9.17) is 16.3 Å². The average Bonchev–Trinajstić information content (AvgIpc) is 3.28. The van der Waals surface area contributed by atoms with E-state index in [9.17, 15) is 24.3 Å². The summed E-state index contributed by atoms with van der Waals surface area (Å²) < 4.78 is 10.2. The number of fused-ring (bicyclic) bond motifs is 2. The van der Waals surface area contributed by atoms with Crippen molar-refractivity contribution in [2.24, 2.45) is 0 Å². The van der Waals surface area contributed by atoms with Crippen molar-refractivity contribution in [3.8, 4) is 0 Å². The summed E-state index contributed by atoms with van der Waals surface area (Å²) in [6, 6.07) is 10.1. The quantitative estimate of drug-likeness (QED) is 0.461. The van der Waals surface area contributed by atoms with E-state index in [1.54, 1.807) is 18.2 Å². The summed E-state index contributed by atoms with van der Waals surface area (Å²) in [7, 11) is 1.24. The minimum Gasteiger partial charge on any atom is -0.453 e. The van der Waals surface area contributed by atoms with Crippen LogP contribution in [-0.4, -0.2) is 66.9 Å². The number of anilines is 2. The van der Waals surface area contributed by atoms with Gasteiger partial charge >= 0.3 is 12.2 Å². The van der Waals surface area contributed by atoms with E-state index in [2.05, 4.69) is 20.7 Å². The lowest BCUT2D eigenvalue weighted by molar-refractivity contribution is -0.133. The number of ether oxygens (including phenoxy) is 2. The molecule has 36 heavy (non-hydrogen) atoms. The first-order valence-electron chi connectivity index (χ1n) is 11.2. The van der Waals surface area contributed by atoms with Crippen LogP contribution in [0.3, 0.4) is 0 Å². The van der Waals surface area contributed by atoms with Crippen LogP contribution in [0.25, 0.3) is 0 Å². The Balaban J connectivity index is 1.47. The summed E-state index contributed by atoms with van der Waals surface area (Å²) in [5.41, 5.74) is 0.869. The van der Waals surface area contributed by atoms with Crippen molar-refractivity contribution in [3.63, 3.8) is 0 Å². The lowest BCUT2D eigenvalue weighted by Crippen LogP contribution is -2.50. The molecule has 2 aromatic carbocycles. The Labute approximate surface area is 211 Å². The molecule has 2 aliphatic heterocycles. The van der Waals surface area contributed by atoms with Crippen LogP contribution in [0.5, 0.6) is 0 Å². The molecule has 0 bridgehead atoms. The molecule has 0 saturated carbocycles. The number of rotatable bonds is 6. The maximum atomic E-state index is 13.4. The van der Waals surface area contributed by atoms with Crippen LogP contribution in [0.4, 0.5) is 21.0 Å². The molecule has 12 heteroatoms. The number of hydrogen-bond acceptors (Lipinski definition) is 7. The van der Waals surface area contributed by atoms with Gasteiger partial charge in [0.2, 0.25) is 5.91 Å². The van der Waals surface area contributed by atoms with Crippen molar-refractivity contribution in [1.29, 1.82) is 0 Å². The first kappa shape index (κ1) is 25.3. The highest BCUT2D eigenvalue weighted by Gasteiger charge is 2.49. The third kappa shape index (κ3) is 5.21. The van der Waals surface area contributed by atoms with Gasteiger partial charge in [-0.2, -0.15) is 0 Å². The van der Waals surface area contributed by atoms with Gasteiger partial charge in [-0.3, -0.25) is 20.2 Å². The van der Waals surface area contributed by atoms with E-state index in [0.29, 0.717) is 28.4 Å². The Hall–Kier alpha value is -3.83. The smallest absolute Gasteiger partial charge is 0.412 e. The summed E-state index contributed by atoms with van der Waals surface area (Å²) in [6.45, 7) is 0.0387. The Morgan fingerprint density at radius 2 is 2.00 bits per heavy atom. The highest BCUT2D eigenvalue weighted by molar-refractivity contribution is 6.30. The molecule has 4 N–H and O–H groups in total. The fourth-order valence-electron chi connectivity index (χ4n) is 4.37. The first-order valence-corrected chi connectivity index (χ1v) is 11.6. The van der Waals surface area contributed by atoms with Crippen molar-refractivity contribution >= 4 is 47.0 Å². The zero-order chi connectivity index (χ0) is 25.9. The number of aliphatic hydroxyl groups is 1. The van der Waals surface area contributed by atoms with Gasteiger partial charge in [-0.05, 0) is 48.9 Å². The van der Waals surface area contributed by atoms with Crippen LogP contribution in [0.1, 0.15) is 28.8 Å². The molecule has 0 aromatic heterocycles. The number of aliphatic hydroxyl groups excluding tert-OH is 1. The van der Waals surface area contributed by atoms with E-state index in [1.807, 2.05) is 0 Å². The number of amides is 4. The Morgan fingerprint density at radius 3 is 2.69 bits per heavy atom. The topological polar surface area (TPSA) is 146 Å². The van der Waals surface area contributed by atoms with Gasteiger partial charge in [-0.25, -0.2) is 9.59 Å². The average molecular weight is 517 g/mol. The van der Waals surface area contributed by atoms with Crippen LogP contribution >= 0.6 is 11.6 Å². The molecule has 0 radical (unpaired) electrons. The maximum Gasteiger partial charge on any atom is 0.412 e. The number of carbonyl (C=O) groups excluding carboxylic acids is 4. The summed E-state index contributed by atoms with van der Waals surface area (Å²) in [5, 5.41) is 17.8. The van der Waals surface area contributed by atoms with E-state index in [1.165, 1.54) is 36.3 Å². The van der Waals surface area contributed by atoms with Crippen molar-refractivity contribution in [2.75, 3.05) is 37.4 Å². The van der Waals surface area contributed by atoms with Gasteiger partial charge in [0, 0.05) is 41.4 Å². The number of benzene rings is 2. The summed E-state index contributed by atoms with van der Waals surface area (Å²) in [6.07, 6.45) is -0.911. The third-order valence-corrected chi connectivity index (χ3v) is 6.38. The van der Waals surface area contributed by atoms with Crippen LogP contribution < -0.4 is 16.0 Å². The number of likely N-dealkylation sites (tertiary alicyclic amines) is 1. The molecule has 1 spiro atoms. The largest absolute Gasteiger partial charge is 0.453 e. The van der Waals surface area contributed by atoms with Gasteiger partial charge in [-0.15, -0.1) is 0 Å². The van der Waals surface area contributed by atoms with Gasteiger partial charge in [-0.1, -0.05) is 11.6 Å². The molecule has 0 unspecified atom stereocenters. The minimum atomic E-state index is -1.06. The molecule has 2 heterocycles. The number of nitrogens with zero attached hydrogens (tertiary/aromatic N) is 1. The van der Waals surface area contributed by atoms with Crippen molar-refractivity contribution in [2.45, 2.75) is 24.5 Å². The Bertz CT molecular complexity index is 1190. The minimum absolute atomic E-state index is 0.000187. The van der Waals surface area contributed by atoms with Gasteiger partial charge in [0.05, 0.1) is 19.3 Å². The van der Waals surface area contributed by atoms with Gasteiger partial charge in [0.1, 0.15) is 6.04 Å². The predicted octanol–water partition coefficient (Wildman–Crippen LogP) is 2.69. The maximum absolute atomic E-state index is 13.4. The zero-order valence-electron chi connectivity index (χ0n) is 19.4. The van der Waals surface area contributed by atoms with Crippen molar-refractivity contribution in [1.82, 2.24) is 10.2 Å². The molecule has 2 atom stereocenters. The number of methoxy groups -OCH3 is 1. The van der Waals surface area contributed by atoms with Crippen LogP contribution in [0, 0.1) is 0 Å². The monoisotopic (exact) mass is 516 g/mol. The van der Waals surface area contributed by atoms with Crippen LogP contribution in [0.15, 0.2) is 42.5 Å². The highest BCUT2D eigenvalue weighted by atomic mass is 35.5. The van der Waals surface area contributed by atoms with E-state index in [-0.39, 0.29) is 31.7 Å². The Kier molecular flexibility index (Phi) is 7.32. The van der Waals surface area contributed by atoms with Crippen LogP contribution in [0.2, 0.25) is 5.02 Å². The molecule has 4 rings (SSSR count). The van der Waals surface area contributed by atoms with Gasteiger partial charge in [0.15, 0.2) is 5.60 Å². The number of carbonyl (C=O) groups is 4. The molecular weight excluding hydrogens is 492 g/mol. The number of halogens is 1. The molecular formula is C24H25ClN4O7. The normalized spacial score (nSPS) is 19.1. The molecule has 1 saturated heterocycles. The second kappa shape index (κ2) is 10.4. The van der Waals surface area contributed by atoms with Crippen molar-refractivity contribution in [3.05, 3.63) is 58.6 Å². The summed E-state index contributed by atoms with van der Waals surface area (Å²) in [5.74, 6) is -0.929. The first-order chi connectivity index (χ1) is 17.2. The van der Waals surface area contributed by atoms with Gasteiger partial charge in [0.25, 0.3) is 5.91 Å². The third-order valence-electron chi connectivity index (χ3n) is 6.14. The predicted molar refractivity (Wildman–Crippen MR) is 130 cm³/mol. The highest BCUT2D eigenvalue weighted by Crippen LogP contribution is 2.43.